The van der Waals surface area contributed by atoms with Crippen molar-refractivity contribution in [3.8, 4) is 0 Å². The van der Waals surface area contributed by atoms with Crippen LogP contribution >= 0.6 is 0 Å². The molecule has 0 unspecified atom stereocenters. The highest BCUT2D eigenvalue weighted by Gasteiger charge is 1.88. The summed E-state index contributed by atoms with van der Waals surface area (Å²) in [5, 5.41) is 0. The fourth-order valence-electron chi connectivity index (χ4n) is 0.682. The Kier molecular flexibility index (Phi) is 4.67. The summed E-state index contributed by atoms with van der Waals surface area (Å²) in [7, 11) is 4.07. The number of hydrogen-bond donors (Lipinski definition) is 0. The third kappa shape index (κ3) is 4.65. The number of rotatable bonds is 3. The van der Waals surface area contributed by atoms with Gasteiger partial charge in [0.15, 0.2) is 0 Å². The van der Waals surface area contributed by atoms with Crippen LogP contribution in [0, 0.1) is 0 Å². The second-order valence-corrected chi connectivity index (χ2v) is 3.10. The van der Waals surface area contributed by atoms with E-state index >= 15 is 0 Å². The zero-order valence-corrected chi connectivity index (χ0v) is 8.31. The highest BCUT2D eigenvalue weighted by atomic mass is 15.0. The predicted molar refractivity (Wildman–Crippen MR) is 51.5 cm³/mol. The normalized spacial score (nSPS) is 13.5. The summed E-state index contributed by atoms with van der Waals surface area (Å²) in [5.41, 5.74) is 2.84. The molecular weight excluding hydrogens is 134 g/mol. The van der Waals surface area contributed by atoms with Crippen molar-refractivity contribution in [1.29, 1.82) is 0 Å². The van der Waals surface area contributed by atoms with E-state index in [0.717, 1.165) is 6.42 Å². The molecule has 0 atom stereocenters. The first-order chi connectivity index (χ1) is 5.07. The molecule has 0 rings (SSSR count). The van der Waals surface area contributed by atoms with Crippen LogP contribution in [0.15, 0.2) is 23.4 Å². The van der Waals surface area contributed by atoms with Crippen molar-refractivity contribution in [3.63, 3.8) is 0 Å². The van der Waals surface area contributed by atoms with E-state index in [9.17, 15) is 0 Å². The average molecular weight is 153 g/mol. The zero-order valence-electron chi connectivity index (χ0n) is 8.31. The van der Waals surface area contributed by atoms with E-state index in [4.69, 9.17) is 0 Å². The first-order valence-corrected chi connectivity index (χ1v) is 4.09. The van der Waals surface area contributed by atoms with Crippen LogP contribution in [0.1, 0.15) is 27.2 Å². The van der Waals surface area contributed by atoms with Gasteiger partial charge in [-0.05, 0) is 32.5 Å². The minimum Gasteiger partial charge on any atom is -0.383 e. The smallest absolute Gasteiger partial charge is 0.00556 e. The SMILES string of the molecule is CC/C(C)=C(C)/C=C\N(C)C. The molecule has 0 fully saturated rings. The molecule has 0 bridgehead atoms. The van der Waals surface area contributed by atoms with Crippen molar-refractivity contribution in [2.24, 2.45) is 0 Å². The number of hydrogen-bond acceptors (Lipinski definition) is 1. The molecule has 1 heteroatoms. The summed E-state index contributed by atoms with van der Waals surface area (Å²) in [6, 6.07) is 0. The summed E-state index contributed by atoms with van der Waals surface area (Å²) in [4.78, 5) is 2.05. The van der Waals surface area contributed by atoms with Gasteiger partial charge in [0, 0.05) is 14.1 Å². The molecule has 0 aromatic heterocycles. The van der Waals surface area contributed by atoms with Crippen LogP contribution in [0.2, 0.25) is 0 Å². The maximum Gasteiger partial charge on any atom is 0.00556 e. The first kappa shape index (κ1) is 10.3. The fraction of sp³-hybridized carbons (Fsp3) is 0.600. The second kappa shape index (κ2) is 5.00. The molecule has 0 heterocycles. The molecule has 0 radical (unpaired) electrons. The van der Waals surface area contributed by atoms with Crippen LogP contribution in [0.25, 0.3) is 0 Å². The van der Waals surface area contributed by atoms with Crippen LogP contribution in [0.5, 0.6) is 0 Å². The Morgan fingerprint density at radius 2 is 1.82 bits per heavy atom. The summed E-state index contributed by atoms with van der Waals surface area (Å²) in [6.45, 7) is 6.51. The lowest BCUT2D eigenvalue weighted by molar-refractivity contribution is 0.563. The molecule has 0 spiro atoms. The van der Waals surface area contributed by atoms with Gasteiger partial charge in [-0.1, -0.05) is 18.1 Å². The molecule has 1 nitrogen and oxygen atoms in total. The van der Waals surface area contributed by atoms with Gasteiger partial charge in [0.2, 0.25) is 0 Å². The lowest BCUT2D eigenvalue weighted by Gasteiger charge is -2.04. The number of nitrogens with zero attached hydrogens (tertiary/aromatic N) is 1. The van der Waals surface area contributed by atoms with E-state index in [-0.39, 0.29) is 0 Å². The van der Waals surface area contributed by atoms with Crippen LogP contribution in [-0.2, 0) is 0 Å². The summed E-state index contributed by atoms with van der Waals surface area (Å²) < 4.78 is 0. The Labute approximate surface area is 70.4 Å². The zero-order chi connectivity index (χ0) is 8.85. The molecular formula is C10H19N. The molecule has 0 aliphatic heterocycles. The molecule has 0 aliphatic carbocycles. The Morgan fingerprint density at radius 3 is 2.18 bits per heavy atom. The van der Waals surface area contributed by atoms with Gasteiger partial charge in [0.25, 0.3) is 0 Å². The molecule has 0 saturated carbocycles. The van der Waals surface area contributed by atoms with Crippen molar-refractivity contribution in [1.82, 2.24) is 4.90 Å². The van der Waals surface area contributed by atoms with Crippen molar-refractivity contribution in [3.05, 3.63) is 23.4 Å². The maximum atomic E-state index is 2.18. The van der Waals surface area contributed by atoms with E-state index in [2.05, 4.69) is 33.0 Å². The number of allylic oxidation sites excluding steroid dienone is 3. The third-order valence-electron chi connectivity index (χ3n) is 1.83. The topological polar surface area (TPSA) is 3.24 Å². The molecule has 0 aliphatic rings. The highest BCUT2D eigenvalue weighted by molar-refractivity contribution is 5.21. The predicted octanol–water partition coefficient (Wildman–Crippen LogP) is 2.81. The van der Waals surface area contributed by atoms with Gasteiger partial charge in [0.05, 0.1) is 0 Å². The summed E-state index contributed by atoms with van der Waals surface area (Å²) in [6.07, 6.45) is 5.37. The van der Waals surface area contributed by atoms with Crippen LogP contribution in [-0.4, -0.2) is 19.0 Å². The molecule has 0 N–H and O–H groups in total. The van der Waals surface area contributed by atoms with Gasteiger partial charge >= 0.3 is 0 Å². The van der Waals surface area contributed by atoms with Crippen LogP contribution in [0.4, 0.5) is 0 Å². The molecule has 0 aromatic carbocycles. The van der Waals surface area contributed by atoms with E-state index in [1.807, 2.05) is 19.0 Å². The Morgan fingerprint density at radius 1 is 1.27 bits per heavy atom. The van der Waals surface area contributed by atoms with Gasteiger partial charge in [-0.15, -0.1) is 0 Å². The molecule has 0 aromatic rings. The van der Waals surface area contributed by atoms with E-state index in [1.165, 1.54) is 11.1 Å². The van der Waals surface area contributed by atoms with Crippen molar-refractivity contribution in [2.45, 2.75) is 27.2 Å². The second-order valence-electron chi connectivity index (χ2n) is 3.10. The van der Waals surface area contributed by atoms with Gasteiger partial charge in [-0.2, -0.15) is 0 Å². The Hall–Kier alpha value is -0.720. The minimum atomic E-state index is 1.14. The molecule has 0 saturated heterocycles. The van der Waals surface area contributed by atoms with Gasteiger partial charge in [-0.3, -0.25) is 0 Å². The molecule has 0 amide bonds. The van der Waals surface area contributed by atoms with E-state index in [0.29, 0.717) is 0 Å². The molecule has 11 heavy (non-hydrogen) atoms. The van der Waals surface area contributed by atoms with Gasteiger partial charge < -0.3 is 4.90 Å². The van der Waals surface area contributed by atoms with Crippen molar-refractivity contribution < 1.29 is 0 Å². The van der Waals surface area contributed by atoms with Gasteiger partial charge in [-0.25, -0.2) is 0 Å². The highest BCUT2D eigenvalue weighted by Crippen LogP contribution is 2.07. The van der Waals surface area contributed by atoms with Crippen LogP contribution < -0.4 is 0 Å². The quantitative estimate of drug-likeness (QED) is 0.563. The van der Waals surface area contributed by atoms with Crippen LogP contribution in [0.3, 0.4) is 0 Å². The minimum absolute atomic E-state index is 1.14. The van der Waals surface area contributed by atoms with Gasteiger partial charge in [0.1, 0.15) is 0 Å². The monoisotopic (exact) mass is 153 g/mol. The Balaban J connectivity index is 4.15. The maximum absolute atomic E-state index is 2.18. The molecule has 64 valence electrons. The van der Waals surface area contributed by atoms with Crippen molar-refractivity contribution >= 4 is 0 Å². The third-order valence-corrected chi connectivity index (χ3v) is 1.83. The van der Waals surface area contributed by atoms with E-state index < -0.39 is 0 Å². The standard InChI is InChI=1S/C10H19N/c1-6-9(2)10(3)7-8-11(4)5/h7-8H,6H2,1-5H3/b8-7-,10-9+. The largest absolute Gasteiger partial charge is 0.383 e. The lowest BCUT2D eigenvalue weighted by atomic mass is 10.1. The van der Waals surface area contributed by atoms with E-state index in [1.54, 1.807) is 0 Å². The Bertz CT molecular complexity index is 164. The van der Waals surface area contributed by atoms with Crippen molar-refractivity contribution in [2.75, 3.05) is 14.1 Å². The summed E-state index contributed by atoms with van der Waals surface area (Å²) >= 11 is 0. The lowest BCUT2D eigenvalue weighted by Crippen LogP contribution is -2.00. The average Bonchev–Trinajstić information content (AvgIpc) is 1.98. The first-order valence-electron chi connectivity index (χ1n) is 4.09. The summed E-state index contributed by atoms with van der Waals surface area (Å²) in [5.74, 6) is 0. The fourth-order valence-corrected chi connectivity index (χ4v) is 0.682.